The maximum Gasteiger partial charge on any atom is 0.334 e. The van der Waals surface area contributed by atoms with E-state index in [1.54, 1.807) is 13.1 Å². The summed E-state index contributed by atoms with van der Waals surface area (Å²) >= 11 is 0. The molecule has 0 aliphatic rings. The molecule has 0 bridgehead atoms. The Morgan fingerprint density at radius 2 is 2.35 bits per heavy atom. The Kier molecular flexibility index (Phi) is 5.96. The van der Waals surface area contributed by atoms with E-state index in [1.807, 2.05) is 18.2 Å². The number of carbonyl (C=O) groups is 1. The molecule has 1 rings (SSSR count). The summed E-state index contributed by atoms with van der Waals surface area (Å²) in [7, 11) is 0. The fraction of sp³-hybridized carbons (Fsp3) is 0.385. The Hall–Kier alpha value is -1.68. The number of ether oxygens (including phenoxy) is 1. The van der Waals surface area contributed by atoms with Crippen molar-refractivity contribution in [3.63, 3.8) is 0 Å². The smallest absolute Gasteiger partial charge is 0.334 e. The number of aromatic nitrogens is 1. The van der Waals surface area contributed by atoms with Crippen LogP contribution in [-0.2, 0) is 16.0 Å². The lowest BCUT2D eigenvalue weighted by molar-refractivity contribution is -0.138. The van der Waals surface area contributed by atoms with Gasteiger partial charge in [0, 0.05) is 37.0 Å². The molecular formula is C13H18N2O2. The van der Waals surface area contributed by atoms with Crippen LogP contribution in [0.5, 0.6) is 0 Å². The van der Waals surface area contributed by atoms with Crippen LogP contribution in [0.1, 0.15) is 12.6 Å². The average Bonchev–Trinajstić information content (AvgIpc) is 2.36. The molecule has 0 fully saturated rings. The van der Waals surface area contributed by atoms with Gasteiger partial charge in [0.15, 0.2) is 0 Å². The summed E-state index contributed by atoms with van der Waals surface area (Å²) in [5.41, 5.74) is 1.48. The molecule has 0 spiro atoms. The van der Waals surface area contributed by atoms with E-state index in [-0.39, 0.29) is 5.97 Å². The van der Waals surface area contributed by atoms with Crippen LogP contribution in [0, 0.1) is 0 Å². The van der Waals surface area contributed by atoms with E-state index in [9.17, 15) is 4.79 Å². The van der Waals surface area contributed by atoms with E-state index in [0.29, 0.717) is 18.7 Å². The van der Waals surface area contributed by atoms with Crippen molar-refractivity contribution < 1.29 is 9.53 Å². The van der Waals surface area contributed by atoms with Gasteiger partial charge >= 0.3 is 5.97 Å². The van der Waals surface area contributed by atoms with Gasteiger partial charge < -0.3 is 10.1 Å². The lowest BCUT2D eigenvalue weighted by atomic mass is 10.2. The van der Waals surface area contributed by atoms with Crippen molar-refractivity contribution in [3.8, 4) is 0 Å². The number of hydrogen-bond donors (Lipinski definition) is 1. The molecule has 17 heavy (non-hydrogen) atoms. The third kappa shape index (κ3) is 5.26. The van der Waals surface area contributed by atoms with Crippen LogP contribution in [0.15, 0.2) is 36.5 Å². The van der Waals surface area contributed by atoms with E-state index in [2.05, 4.69) is 16.9 Å². The largest absolute Gasteiger partial charge is 0.463 e. The molecular weight excluding hydrogens is 216 g/mol. The number of nitrogens with zero attached hydrogens (tertiary/aromatic N) is 1. The van der Waals surface area contributed by atoms with E-state index in [1.165, 1.54) is 0 Å². The molecule has 0 amide bonds. The highest BCUT2D eigenvalue weighted by molar-refractivity contribution is 5.88. The summed E-state index contributed by atoms with van der Waals surface area (Å²) in [6.07, 6.45) is 2.60. The third-order valence-electron chi connectivity index (χ3n) is 2.19. The van der Waals surface area contributed by atoms with Gasteiger partial charge in [0.05, 0.1) is 6.61 Å². The standard InChI is InChI=1S/C13H18N2O2/c1-3-17-13(16)11(2)10-14-9-7-12-6-4-5-8-15-12/h4-6,8,14H,2-3,7,9-10H2,1H3. The summed E-state index contributed by atoms with van der Waals surface area (Å²) in [5.74, 6) is -0.335. The molecule has 0 aliphatic carbocycles. The van der Waals surface area contributed by atoms with Crippen LogP contribution in [0.2, 0.25) is 0 Å². The Bertz CT molecular complexity index is 363. The molecule has 0 saturated heterocycles. The zero-order valence-corrected chi connectivity index (χ0v) is 10.1. The van der Waals surface area contributed by atoms with Crippen LogP contribution in [0.3, 0.4) is 0 Å². The van der Waals surface area contributed by atoms with Gasteiger partial charge in [0.1, 0.15) is 0 Å². The van der Waals surface area contributed by atoms with Gasteiger partial charge in [-0.15, -0.1) is 0 Å². The lowest BCUT2D eigenvalue weighted by Crippen LogP contribution is -2.24. The Morgan fingerprint density at radius 1 is 1.53 bits per heavy atom. The van der Waals surface area contributed by atoms with Crippen LogP contribution in [0.25, 0.3) is 0 Å². The van der Waals surface area contributed by atoms with Gasteiger partial charge in [0.2, 0.25) is 0 Å². The minimum Gasteiger partial charge on any atom is -0.463 e. The Labute approximate surface area is 102 Å². The van der Waals surface area contributed by atoms with Crippen LogP contribution in [-0.4, -0.2) is 30.6 Å². The molecule has 0 aromatic carbocycles. The van der Waals surface area contributed by atoms with Gasteiger partial charge in [0.25, 0.3) is 0 Å². The predicted molar refractivity (Wildman–Crippen MR) is 66.6 cm³/mol. The van der Waals surface area contributed by atoms with E-state index in [0.717, 1.165) is 18.7 Å². The van der Waals surface area contributed by atoms with Crippen LogP contribution < -0.4 is 5.32 Å². The second-order valence-electron chi connectivity index (χ2n) is 3.57. The molecule has 4 nitrogen and oxygen atoms in total. The molecule has 4 heteroatoms. The molecule has 92 valence electrons. The van der Waals surface area contributed by atoms with Crippen molar-refractivity contribution in [1.29, 1.82) is 0 Å². The molecule has 0 unspecified atom stereocenters. The molecule has 0 aliphatic heterocycles. The first kappa shape index (κ1) is 13.4. The van der Waals surface area contributed by atoms with Gasteiger partial charge in [-0.3, -0.25) is 4.98 Å². The number of esters is 1. The second kappa shape index (κ2) is 7.57. The fourth-order valence-corrected chi connectivity index (χ4v) is 1.31. The number of hydrogen-bond acceptors (Lipinski definition) is 4. The summed E-state index contributed by atoms with van der Waals surface area (Å²) in [6.45, 7) is 7.03. The van der Waals surface area contributed by atoms with Crippen LogP contribution in [0.4, 0.5) is 0 Å². The van der Waals surface area contributed by atoms with Gasteiger partial charge in [-0.2, -0.15) is 0 Å². The van der Waals surface area contributed by atoms with E-state index in [4.69, 9.17) is 4.74 Å². The van der Waals surface area contributed by atoms with Crippen molar-refractivity contribution in [1.82, 2.24) is 10.3 Å². The van der Waals surface area contributed by atoms with Crippen LogP contribution >= 0.6 is 0 Å². The summed E-state index contributed by atoms with van der Waals surface area (Å²) in [5, 5.41) is 3.13. The summed E-state index contributed by atoms with van der Waals surface area (Å²) in [6, 6.07) is 5.82. The fourth-order valence-electron chi connectivity index (χ4n) is 1.31. The topological polar surface area (TPSA) is 51.2 Å². The first-order chi connectivity index (χ1) is 8.24. The number of nitrogens with one attached hydrogen (secondary N) is 1. The number of pyridine rings is 1. The highest BCUT2D eigenvalue weighted by Gasteiger charge is 2.06. The zero-order chi connectivity index (χ0) is 12.5. The van der Waals surface area contributed by atoms with Gasteiger partial charge in [-0.25, -0.2) is 4.79 Å². The predicted octanol–water partition coefficient (Wildman–Crippen LogP) is 1.33. The number of rotatable bonds is 7. The van der Waals surface area contributed by atoms with Crippen molar-refractivity contribution in [2.24, 2.45) is 0 Å². The maximum absolute atomic E-state index is 11.2. The summed E-state index contributed by atoms with van der Waals surface area (Å²) in [4.78, 5) is 15.4. The Balaban J connectivity index is 2.16. The highest BCUT2D eigenvalue weighted by Crippen LogP contribution is 1.95. The second-order valence-corrected chi connectivity index (χ2v) is 3.57. The van der Waals surface area contributed by atoms with Crippen molar-refractivity contribution in [3.05, 3.63) is 42.2 Å². The molecule has 1 heterocycles. The zero-order valence-electron chi connectivity index (χ0n) is 10.1. The molecule has 1 aromatic heterocycles. The molecule has 1 N–H and O–H groups in total. The average molecular weight is 234 g/mol. The maximum atomic E-state index is 11.2. The molecule has 0 atom stereocenters. The lowest BCUT2D eigenvalue weighted by Gasteiger charge is -2.06. The van der Waals surface area contributed by atoms with Gasteiger partial charge in [-0.1, -0.05) is 12.6 Å². The Morgan fingerprint density at radius 3 is 3.00 bits per heavy atom. The third-order valence-corrected chi connectivity index (χ3v) is 2.19. The molecule has 0 radical (unpaired) electrons. The van der Waals surface area contributed by atoms with Gasteiger partial charge in [-0.05, 0) is 19.1 Å². The normalized spacial score (nSPS) is 9.94. The highest BCUT2D eigenvalue weighted by atomic mass is 16.5. The van der Waals surface area contributed by atoms with E-state index >= 15 is 0 Å². The quantitative estimate of drug-likeness (QED) is 0.439. The van der Waals surface area contributed by atoms with Crippen molar-refractivity contribution >= 4 is 5.97 Å². The van der Waals surface area contributed by atoms with Crippen molar-refractivity contribution in [2.75, 3.05) is 19.7 Å². The minimum absolute atomic E-state index is 0.335. The van der Waals surface area contributed by atoms with E-state index < -0.39 is 0 Å². The molecule has 0 saturated carbocycles. The van der Waals surface area contributed by atoms with Crippen molar-refractivity contribution in [2.45, 2.75) is 13.3 Å². The minimum atomic E-state index is -0.335. The first-order valence-electron chi connectivity index (χ1n) is 5.69. The molecule has 1 aromatic rings. The first-order valence-corrected chi connectivity index (χ1v) is 5.69. The summed E-state index contributed by atoms with van der Waals surface area (Å²) < 4.78 is 4.83. The monoisotopic (exact) mass is 234 g/mol. The number of carbonyl (C=O) groups excluding carboxylic acids is 1. The SMILES string of the molecule is C=C(CNCCc1ccccn1)C(=O)OCC.